The Hall–Kier alpha value is -1.98. The number of nitrogens with two attached hydrogens (primary N) is 2. The van der Waals surface area contributed by atoms with Crippen molar-refractivity contribution in [2.24, 2.45) is 5.73 Å². The molecule has 0 saturated carbocycles. The Labute approximate surface area is 107 Å². The Balaban J connectivity index is 2.90. The molecule has 6 nitrogen and oxygen atoms in total. The van der Waals surface area contributed by atoms with Gasteiger partial charge < -0.3 is 21.1 Å². The molecular weight excluding hydrogens is 232 g/mol. The molecule has 1 heterocycles. The Morgan fingerprint density at radius 1 is 1.44 bits per heavy atom. The zero-order chi connectivity index (χ0) is 13.5. The fourth-order valence-corrected chi connectivity index (χ4v) is 1.47. The van der Waals surface area contributed by atoms with Gasteiger partial charge in [-0.05, 0) is 25.5 Å². The lowest BCUT2D eigenvalue weighted by atomic mass is 10.3. The van der Waals surface area contributed by atoms with Gasteiger partial charge in [0.2, 0.25) is 11.8 Å². The number of carbonyl (C=O) groups excluding carboxylic acids is 1. The maximum absolute atomic E-state index is 11.0. The lowest BCUT2D eigenvalue weighted by Gasteiger charge is -2.21. The second-order valence-electron chi connectivity index (χ2n) is 3.89. The third-order valence-electron chi connectivity index (χ3n) is 2.37. The molecule has 0 spiro atoms. The minimum absolute atomic E-state index is 0.126. The van der Waals surface area contributed by atoms with Crippen LogP contribution in [0.1, 0.15) is 20.3 Å². The number of nitrogens with zero attached hydrogens (tertiary/aromatic N) is 2. The second kappa shape index (κ2) is 6.68. The van der Waals surface area contributed by atoms with Crippen LogP contribution in [0, 0.1) is 0 Å². The molecule has 6 heteroatoms. The predicted molar refractivity (Wildman–Crippen MR) is 71.5 cm³/mol. The molecule has 0 radical (unpaired) electrons. The summed E-state index contributed by atoms with van der Waals surface area (Å²) in [5.74, 6) is 0.639. The first kappa shape index (κ1) is 14.1. The third-order valence-corrected chi connectivity index (χ3v) is 2.37. The van der Waals surface area contributed by atoms with Crippen LogP contribution >= 0.6 is 0 Å². The summed E-state index contributed by atoms with van der Waals surface area (Å²) in [6.07, 6.45) is 0.879. The number of hydrogen-bond acceptors (Lipinski definition) is 5. The highest BCUT2D eigenvalue weighted by Gasteiger charge is 2.11. The highest BCUT2D eigenvalue weighted by Crippen LogP contribution is 2.23. The summed E-state index contributed by atoms with van der Waals surface area (Å²) in [4.78, 5) is 17.0. The number of rotatable bonds is 7. The van der Waals surface area contributed by atoms with E-state index in [-0.39, 0.29) is 6.54 Å². The summed E-state index contributed by atoms with van der Waals surface area (Å²) in [5.41, 5.74) is 11.5. The van der Waals surface area contributed by atoms with Crippen LogP contribution in [0.15, 0.2) is 12.1 Å². The Morgan fingerprint density at radius 3 is 2.72 bits per heavy atom. The van der Waals surface area contributed by atoms with Crippen molar-refractivity contribution in [1.29, 1.82) is 0 Å². The Morgan fingerprint density at radius 2 is 2.17 bits per heavy atom. The number of amides is 1. The second-order valence-corrected chi connectivity index (χ2v) is 3.89. The van der Waals surface area contributed by atoms with Gasteiger partial charge in [-0.15, -0.1) is 0 Å². The van der Waals surface area contributed by atoms with E-state index in [9.17, 15) is 4.79 Å². The first-order valence-corrected chi connectivity index (χ1v) is 6.01. The number of nitrogen functional groups attached to an aromatic ring is 1. The molecule has 0 saturated heterocycles. The van der Waals surface area contributed by atoms with Gasteiger partial charge >= 0.3 is 0 Å². The van der Waals surface area contributed by atoms with Crippen molar-refractivity contribution in [2.45, 2.75) is 20.3 Å². The summed E-state index contributed by atoms with van der Waals surface area (Å²) in [5, 5.41) is 0. The molecule has 0 bridgehead atoms. The lowest BCUT2D eigenvalue weighted by molar-refractivity contribution is -0.116. The van der Waals surface area contributed by atoms with Crippen molar-refractivity contribution in [1.82, 2.24) is 4.98 Å². The van der Waals surface area contributed by atoms with Crippen LogP contribution in [0.3, 0.4) is 0 Å². The fraction of sp³-hybridized carbons (Fsp3) is 0.500. The van der Waals surface area contributed by atoms with E-state index < -0.39 is 5.91 Å². The van der Waals surface area contributed by atoms with Crippen LogP contribution in [0.5, 0.6) is 5.88 Å². The summed E-state index contributed by atoms with van der Waals surface area (Å²) in [6, 6.07) is 3.47. The van der Waals surface area contributed by atoms with E-state index in [0.717, 1.165) is 6.42 Å². The summed E-state index contributed by atoms with van der Waals surface area (Å²) < 4.78 is 5.45. The lowest BCUT2D eigenvalue weighted by Crippen LogP contribution is -2.34. The number of primary amides is 1. The molecule has 0 aromatic carbocycles. The monoisotopic (exact) mass is 252 g/mol. The van der Waals surface area contributed by atoms with E-state index in [4.69, 9.17) is 16.2 Å². The predicted octanol–water partition coefficient (Wildman–Crippen LogP) is 0.764. The summed E-state index contributed by atoms with van der Waals surface area (Å²) in [7, 11) is 0. The molecule has 1 aromatic rings. The molecule has 0 fully saturated rings. The van der Waals surface area contributed by atoms with Gasteiger partial charge in [-0.2, -0.15) is 4.98 Å². The number of anilines is 2. The van der Waals surface area contributed by atoms with E-state index in [2.05, 4.69) is 4.98 Å². The van der Waals surface area contributed by atoms with Gasteiger partial charge in [0.05, 0.1) is 18.8 Å². The minimum Gasteiger partial charge on any atom is -0.476 e. The molecule has 4 N–H and O–H groups in total. The topological polar surface area (TPSA) is 94.5 Å². The van der Waals surface area contributed by atoms with E-state index >= 15 is 0 Å². The largest absolute Gasteiger partial charge is 0.476 e. The van der Waals surface area contributed by atoms with Gasteiger partial charge in [-0.3, -0.25) is 4.79 Å². The van der Waals surface area contributed by atoms with Crippen LogP contribution in [0.2, 0.25) is 0 Å². The maximum Gasteiger partial charge on any atom is 0.239 e. The molecule has 0 aliphatic rings. The SMILES string of the molecule is CCCOc1nc(N(CC)CC(N)=O)ccc1N. The quantitative estimate of drug-likeness (QED) is 0.747. The minimum atomic E-state index is -0.397. The summed E-state index contributed by atoms with van der Waals surface area (Å²) >= 11 is 0. The molecule has 0 aliphatic heterocycles. The van der Waals surface area contributed by atoms with Gasteiger partial charge in [0.1, 0.15) is 5.82 Å². The van der Waals surface area contributed by atoms with Gasteiger partial charge in [0.25, 0.3) is 0 Å². The number of ether oxygens (including phenoxy) is 1. The fourth-order valence-electron chi connectivity index (χ4n) is 1.47. The standard InChI is InChI=1S/C12H20N4O2/c1-3-7-18-12-9(13)5-6-11(15-12)16(4-2)8-10(14)17/h5-6H,3-4,7-8,13H2,1-2H3,(H2,14,17). The third kappa shape index (κ3) is 3.80. The van der Waals surface area contributed by atoms with Crippen LogP contribution < -0.4 is 21.1 Å². The van der Waals surface area contributed by atoms with Crippen molar-refractivity contribution in [3.05, 3.63) is 12.1 Å². The Kier molecular flexibility index (Phi) is 5.23. The molecule has 18 heavy (non-hydrogen) atoms. The smallest absolute Gasteiger partial charge is 0.239 e. The number of likely N-dealkylation sites (N-methyl/N-ethyl adjacent to an activating group) is 1. The first-order chi connectivity index (χ1) is 8.58. The highest BCUT2D eigenvalue weighted by molar-refractivity contribution is 5.79. The molecule has 100 valence electrons. The van der Waals surface area contributed by atoms with Crippen molar-refractivity contribution in [3.63, 3.8) is 0 Å². The van der Waals surface area contributed by atoms with Crippen molar-refractivity contribution >= 4 is 17.4 Å². The normalized spacial score (nSPS) is 10.1. The van der Waals surface area contributed by atoms with Gasteiger partial charge in [-0.25, -0.2) is 0 Å². The molecule has 1 amide bonds. The average Bonchev–Trinajstić information content (AvgIpc) is 2.35. The van der Waals surface area contributed by atoms with Crippen LogP contribution in [-0.2, 0) is 4.79 Å². The van der Waals surface area contributed by atoms with Gasteiger partial charge in [0.15, 0.2) is 0 Å². The van der Waals surface area contributed by atoms with Crippen molar-refractivity contribution < 1.29 is 9.53 Å². The average molecular weight is 252 g/mol. The van der Waals surface area contributed by atoms with Crippen LogP contribution in [0.4, 0.5) is 11.5 Å². The van der Waals surface area contributed by atoms with Crippen LogP contribution in [-0.4, -0.2) is 30.6 Å². The van der Waals surface area contributed by atoms with Gasteiger partial charge in [0, 0.05) is 6.54 Å². The summed E-state index contributed by atoms with van der Waals surface area (Å²) in [6.45, 7) is 5.25. The number of pyridine rings is 1. The van der Waals surface area contributed by atoms with E-state index in [1.807, 2.05) is 13.8 Å². The molecule has 1 rings (SSSR count). The van der Waals surface area contributed by atoms with E-state index in [1.54, 1.807) is 17.0 Å². The van der Waals surface area contributed by atoms with E-state index in [1.165, 1.54) is 0 Å². The van der Waals surface area contributed by atoms with Gasteiger partial charge in [-0.1, -0.05) is 6.92 Å². The maximum atomic E-state index is 11.0. The first-order valence-electron chi connectivity index (χ1n) is 6.01. The molecule has 0 unspecified atom stereocenters. The number of hydrogen-bond donors (Lipinski definition) is 2. The van der Waals surface area contributed by atoms with E-state index in [0.29, 0.717) is 30.5 Å². The zero-order valence-electron chi connectivity index (χ0n) is 10.8. The van der Waals surface area contributed by atoms with Crippen molar-refractivity contribution in [3.8, 4) is 5.88 Å². The Bertz CT molecular complexity index is 409. The zero-order valence-corrected chi connectivity index (χ0v) is 10.8. The molecular formula is C12H20N4O2. The molecule has 0 aliphatic carbocycles. The number of aromatic nitrogens is 1. The molecule has 1 aromatic heterocycles. The van der Waals surface area contributed by atoms with Crippen LogP contribution in [0.25, 0.3) is 0 Å². The van der Waals surface area contributed by atoms with Crippen molar-refractivity contribution in [2.75, 3.05) is 30.3 Å². The number of carbonyl (C=O) groups is 1. The highest BCUT2D eigenvalue weighted by atomic mass is 16.5. The molecule has 0 atom stereocenters.